The van der Waals surface area contributed by atoms with Crippen molar-refractivity contribution in [3.63, 3.8) is 0 Å². The number of hydrogen-bond donors (Lipinski definition) is 1. The fourth-order valence-corrected chi connectivity index (χ4v) is 1.99. The smallest absolute Gasteiger partial charge is 0.309 e. The number of unbranched alkanes of at least 4 members (excludes halogenated alkanes) is 2. The third kappa shape index (κ3) is 4.65. The monoisotopic (exact) mass is 213 g/mol. The van der Waals surface area contributed by atoms with Crippen LogP contribution in [0.25, 0.3) is 0 Å². The topological polar surface area (TPSA) is 38.3 Å². The first-order valence-electron chi connectivity index (χ1n) is 6.14. The van der Waals surface area contributed by atoms with E-state index >= 15 is 0 Å². The molecule has 0 spiro atoms. The predicted octanol–water partition coefficient (Wildman–Crippen LogP) is 2.11. The van der Waals surface area contributed by atoms with Crippen molar-refractivity contribution in [1.82, 2.24) is 5.32 Å². The van der Waals surface area contributed by atoms with E-state index in [0.29, 0.717) is 12.6 Å². The first-order valence-corrected chi connectivity index (χ1v) is 6.14. The molecule has 2 unspecified atom stereocenters. The third-order valence-corrected chi connectivity index (χ3v) is 2.95. The van der Waals surface area contributed by atoms with E-state index in [1.54, 1.807) is 0 Å². The Balaban J connectivity index is 2.15. The largest absolute Gasteiger partial charge is 0.465 e. The summed E-state index contributed by atoms with van der Waals surface area (Å²) in [4.78, 5) is 11.7. The third-order valence-electron chi connectivity index (χ3n) is 2.95. The van der Waals surface area contributed by atoms with Gasteiger partial charge in [-0.25, -0.2) is 0 Å². The van der Waals surface area contributed by atoms with Crippen LogP contribution < -0.4 is 5.32 Å². The summed E-state index contributed by atoms with van der Waals surface area (Å²) in [5, 5.41) is 3.34. The number of ether oxygens (including phenoxy) is 1. The Bertz CT molecular complexity index is 194. The van der Waals surface area contributed by atoms with E-state index in [-0.39, 0.29) is 11.9 Å². The molecule has 2 atom stereocenters. The van der Waals surface area contributed by atoms with Crippen LogP contribution in [0.4, 0.5) is 0 Å². The highest BCUT2D eigenvalue weighted by Crippen LogP contribution is 2.17. The van der Waals surface area contributed by atoms with Gasteiger partial charge in [-0.2, -0.15) is 0 Å². The standard InChI is InChI=1S/C12H23NO2/c1-3-4-5-8-15-12(14)11-6-7-13-10(2)9-11/h10-11,13H,3-9H2,1-2H3. The van der Waals surface area contributed by atoms with Gasteiger partial charge in [0.2, 0.25) is 0 Å². The zero-order valence-electron chi connectivity index (χ0n) is 9.92. The van der Waals surface area contributed by atoms with Gasteiger partial charge in [-0.15, -0.1) is 0 Å². The second-order valence-electron chi connectivity index (χ2n) is 4.45. The van der Waals surface area contributed by atoms with Crippen molar-refractivity contribution >= 4 is 5.97 Å². The van der Waals surface area contributed by atoms with Gasteiger partial charge in [0, 0.05) is 6.04 Å². The molecule has 1 aliphatic rings. The van der Waals surface area contributed by atoms with Crippen LogP contribution in [0.3, 0.4) is 0 Å². The Kier molecular flexibility index (Phi) is 5.69. The van der Waals surface area contributed by atoms with Gasteiger partial charge in [0.25, 0.3) is 0 Å². The first kappa shape index (κ1) is 12.5. The average Bonchev–Trinajstić information content (AvgIpc) is 2.24. The molecule has 0 aromatic carbocycles. The molecule has 1 N–H and O–H groups in total. The summed E-state index contributed by atoms with van der Waals surface area (Å²) in [6, 6.07) is 0.451. The minimum absolute atomic E-state index is 0.0134. The molecule has 1 aliphatic heterocycles. The van der Waals surface area contributed by atoms with E-state index in [9.17, 15) is 4.79 Å². The van der Waals surface area contributed by atoms with Crippen LogP contribution >= 0.6 is 0 Å². The van der Waals surface area contributed by atoms with Gasteiger partial charge >= 0.3 is 5.97 Å². The summed E-state index contributed by atoms with van der Waals surface area (Å²) in [7, 11) is 0. The van der Waals surface area contributed by atoms with Crippen molar-refractivity contribution in [2.24, 2.45) is 5.92 Å². The molecule has 88 valence electrons. The second kappa shape index (κ2) is 6.83. The van der Waals surface area contributed by atoms with E-state index < -0.39 is 0 Å². The SMILES string of the molecule is CCCCCOC(=O)C1CCNC(C)C1. The van der Waals surface area contributed by atoms with Gasteiger partial charge in [-0.3, -0.25) is 4.79 Å². The fraction of sp³-hybridized carbons (Fsp3) is 0.917. The summed E-state index contributed by atoms with van der Waals surface area (Å²) in [6.45, 7) is 5.81. The Morgan fingerprint density at radius 2 is 2.27 bits per heavy atom. The molecular weight excluding hydrogens is 190 g/mol. The minimum Gasteiger partial charge on any atom is -0.465 e. The van der Waals surface area contributed by atoms with Crippen molar-refractivity contribution in [1.29, 1.82) is 0 Å². The molecule has 0 aromatic rings. The van der Waals surface area contributed by atoms with Crippen LogP contribution in [-0.2, 0) is 9.53 Å². The normalized spacial score (nSPS) is 26.3. The highest BCUT2D eigenvalue weighted by molar-refractivity contribution is 5.72. The number of hydrogen-bond acceptors (Lipinski definition) is 3. The molecule has 1 rings (SSSR count). The van der Waals surface area contributed by atoms with E-state index in [1.807, 2.05) is 0 Å². The van der Waals surface area contributed by atoms with E-state index in [4.69, 9.17) is 4.74 Å². The molecule has 0 saturated carbocycles. The zero-order chi connectivity index (χ0) is 11.1. The van der Waals surface area contributed by atoms with Crippen LogP contribution in [0, 0.1) is 5.92 Å². The Labute approximate surface area is 92.6 Å². The Morgan fingerprint density at radius 3 is 2.93 bits per heavy atom. The summed E-state index contributed by atoms with van der Waals surface area (Å²) in [5.41, 5.74) is 0. The number of piperidine rings is 1. The van der Waals surface area contributed by atoms with Crippen LogP contribution in [-0.4, -0.2) is 25.2 Å². The molecule has 0 aliphatic carbocycles. The molecule has 1 saturated heterocycles. The van der Waals surface area contributed by atoms with E-state index in [0.717, 1.165) is 32.2 Å². The first-order chi connectivity index (χ1) is 7.24. The molecule has 1 fully saturated rings. The summed E-state index contributed by atoms with van der Waals surface area (Å²) >= 11 is 0. The zero-order valence-corrected chi connectivity index (χ0v) is 9.92. The van der Waals surface area contributed by atoms with Gasteiger partial charge in [0.1, 0.15) is 0 Å². The lowest BCUT2D eigenvalue weighted by Gasteiger charge is -2.26. The molecule has 0 bridgehead atoms. The Morgan fingerprint density at radius 1 is 1.47 bits per heavy atom. The number of rotatable bonds is 5. The lowest BCUT2D eigenvalue weighted by Crippen LogP contribution is -2.39. The number of nitrogens with one attached hydrogen (secondary N) is 1. The van der Waals surface area contributed by atoms with Crippen LogP contribution in [0.5, 0.6) is 0 Å². The molecule has 1 heterocycles. The van der Waals surface area contributed by atoms with Crippen molar-refractivity contribution in [3.8, 4) is 0 Å². The number of carbonyl (C=O) groups is 1. The minimum atomic E-state index is 0.0134. The maximum absolute atomic E-state index is 11.7. The van der Waals surface area contributed by atoms with E-state index in [2.05, 4.69) is 19.2 Å². The van der Waals surface area contributed by atoms with Crippen LogP contribution in [0.1, 0.15) is 46.0 Å². The van der Waals surface area contributed by atoms with Crippen molar-refractivity contribution in [2.75, 3.05) is 13.2 Å². The Hall–Kier alpha value is -0.570. The van der Waals surface area contributed by atoms with Gasteiger partial charge in [0.05, 0.1) is 12.5 Å². The molecular formula is C12H23NO2. The molecule has 3 heteroatoms. The molecule has 0 radical (unpaired) electrons. The molecule has 0 amide bonds. The number of carbonyl (C=O) groups excluding carboxylic acids is 1. The lowest BCUT2D eigenvalue weighted by molar-refractivity contribution is -0.149. The van der Waals surface area contributed by atoms with Gasteiger partial charge in [-0.05, 0) is 32.7 Å². The van der Waals surface area contributed by atoms with Gasteiger partial charge in [0.15, 0.2) is 0 Å². The molecule has 15 heavy (non-hydrogen) atoms. The predicted molar refractivity (Wildman–Crippen MR) is 60.7 cm³/mol. The maximum Gasteiger partial charge on any atom is 0.309 e. The second-order valence-corrected chi connectivity index (χ2v) is 4.45. The van der Waals surface area contributed by atoms with Crippen LogP contribution in [0.2, 0.25) is 0 Å². The van der Waals surface area contributed by atoms with Crippen LogP contribution in [0.15, 0.2) is 0 Å². The average molecular weight is 213 g/mol. The highest BCUT2D eigenvalue weighted by atomic mass is 16.5. The summed E-state index contributed by atoms with van der Waals surface area (Å²) in [5.74, 6) is 0.141. The number of esters is 1. The highest BCUT2D eigenvalue weighted by Gasteiger charge is 2.25. The molecule has 3 nitrogen and oxygen atoms in total. The lowest BCUT2D eigenvalue weighted by atomic mass is 9.93. The van der Waals surface area contributed by atoms with Crippen molar-refractivity contribution < 1.29 is 9.53 Å². The van der Waals surface area contributed by atoms with Gasteiger partial charge < -0.3 is 10.1 Å². The quantitative estimate of drug-likeness (QED) is 0.561. The van der Waals surface area contributed by atoms with E-state index in [1.165, 1.54) is 6.42 Å². The molecule has 0 aromatic heterocycles. The fourth-order valence-electron chi connectivity index (χ4n) is 1.99. The van der Waals surface area contributed by atoms with Crippen molar-refractivity contribution in [3.05, 3.63) is 0 Å². The summed E-state index contributed by atoms with van der Waals surface area (Å²) in [6.07, 6.45) is 5.17. The van der Waals surface area contributed by atoms with Crippen molar-refractivity contribution in [2.45, 2.75) is 52.0 Å². The van der Waals surface area contributed by atoms with Gasteiger partial charge in [-0.1, -0.05) is 19.8 Å². The maximum atomic E-state index is 11.7. The summed E-state index contributed by atoms with van der Waals surface area (Å²) < 4.78 is 5.27.